The molecule has 0 heterocycles. The van der Waals surface area contributed by atoms with E-state index < -0.39 is 21.1 Å². The predicted octanol–water partition coefficient (Wildman–Crippen LogP) is 5.72. The fourth-order valence-electron chi connectivity index (χ4n) is 6.29. The van der Waals surface area contributed by atoms with Crippen molar-refractivity contribution in [3.63, 3.8) is 0 Å². The Morgan fingerprint density at radius 3 is 1.62 bits per heavy atom. The fraction of sp³-hybridized carbons (Fsp3) is 0.345. The second kappa shape index (κ2) is 8.17. The molecule has 0 amide bonds. The zero-order valence-electron chi connectivity index (χ0n) is 19.6. The van der Waals surface area contributed by atoms with Gasteiger partial charge in [0.15, 0.2) is 5.60 Å². The number of ketones is 1. The topological polar surface area (TPSA) is 60.4 Å². The van der Waals surface area contributed by atoms with Gasteiger partial charge in [-0.3, -0.25) is 4.79 Å². The molecular formula is C29H30O4S. The summed E-state index contributed by atoms with van der Waals surface area (Å²) < 4.78 is 34.3. The van der Waals surface area contributed by atoms with E-state index >= 15 is 0 Å². The van der Waals surface area contributed by atoms with Crippen LogP contribution in [0.25, 0.3) is 0 Å². The lowest BCUT2D eigenvalue weighted by Gasteiger charge is -2.39. The molecule has 3 aromatic rings. The second-order valence-electron chi connectivity index (χ2n) is 10.2. The van der Waals surface area contributed by atoms with Crippen LogP contribution in [0.5, 0.6) is 0 Å². The molecule has 2 fully saturated rings. The van der Waals surface area contributed by atoms with Crippen LogP contribution in [0.3, 0.4) is 0 Å². The number of benzene rings is 3. The Kier molecular flexibility index (Phi) is 5.53. The summed E-state index contributed by atoms with van der Waals surface area (Å²) in [5.41, 5.74) is -0.482. The van der Waals surface area contributed by atoms with Crippen LogP contribution in [-0.4, -0.2) is 20.0 Å². The summed E-state index contributed by atoms with van der Waals surface area (Å²) in [6, 6.07) is 28.4. The molecule has 0 aromatic heterocycles. The van der Waals surface area contributed by atoms with Gasteiger partial charge in [0.1, 0.15) is 5.78 Å². The molecule has 2 aliphatic carbocycles. The molecule has 0 N–H and O–H groups in total. The van der Waals surface area contributed by atoms with Crippen molar-refractivity contribution in [2.75, 3.05) is 5.75 Å². The van der Waals surface area contributed by atoms with Crippen LogP contribution in [-0.2, 0) is 24.7 Å². The van der Waals surface area contributed by atoms with Crippen molar-refractivity contribution in [2.45, 2.75) is 38.7 Å². The van der Waals surface area contributed by atoms with Crippen molar-refractivity contribution in [1.29, 1.82) is 0 Å². The number of rotatable bonds is 7. The minimum atomic E-state index is -4.14. The molecule has 0 aliphatic heterocycles. The van der Waals surface area contributed by atoms with Crippen LogP contribution in [0.15, 0.2) is 91.0 Å². The standard InChI is InChI=1S/C29H30O4S/c1-27(2)25-18-19-28(27,26(30)20-25)21-34(31,32)33-29(22-12-6-3-7-13-22,23-14-8-4-9-15-23)24-16-10-5-11-17-24/h3-17,25H,18-21H2,1-2H3/t25-,28-/m1/s1. The maximum absolute atomic E-state index is 14.0. The van der Waals surface area contributed by atoms with Gasteiger partial charge in [-0.15, -0.1) is 0 Å². The van der Waals surface area contributed by atoms with Crippen LogP contribution in [0.4, 0.5) is 0 Å². The molecule has 5 rings (SSSR count). The highest BCUT2D eigenvalue weighted by atomic mass is 32.2. The smallest absolute Gasteiger partial charge is 0.269 e. The Balaban J connectivity index is 1.67. The molecule has 176 valence electrons. The number of hydrogen-bond donors (Lipinski definition) is 0. The Hall–Kier alpha value is -2.76. The molecule has 0 radical (unpaired) electrons. The maximum atomic E-state index is 14.0. The first kappa shape index (κ1) is 23.0. The summed E-state index contributed by atoms with van der Waals surface area (Å²) in [6.45, 7) is 4.09. The summed E-state index contributed by atoms with van der Waals surface area (Å²) in [5, 5.41) is 0. The number of fused-ring (bicyclic) bond motifs is 2. The van der Waals surface area contributed by atoms with Gasteiger partial charge in [0.05, 0.1) is 11.2 Å². The van der Waals surface area contributed by atoms with Crippen molar-refractivity contribution < 1.29 is 17.4 Å². The van der Waals surface area contributed by atoms with E-state index in [1.165, 1.54) is 0 Å². The average Bonchev–Trinajstić information content (AvgIpc) is 3.18. The van der Waals surface area contributed by atoms with Crippen molar-refractivity contribution in [1.82, 2.24) is 0 Å². The van der Waals surface area contributed by atoms with Gasteiger partial charge in [0.2, 0.25) is 0 Å². The van der Waals surface area contributed by atoms with Gasteiger partial charge in [0.25, 0.3) is 10.1 Å². The first-order valence-corrected chi connectivity index (χ1v) is 13.4. The first-order chi connectivity index (χ1) is 16.2. The molecule has 2 aliphatic rings. The maximum Gasteiger partial charge on any atom is 0.269 e. The lowest BCUT2D eigenvalue weighted by molar-refractivity contribution is -0.128. The van der Waals surface area contributed by atoms with E-state index in [1.807, 2.05) is 105 Å². The molecular weight excluding hydrogens is 444 g/mol. The molecule has 5 heteroatoms. The molecule has 0 spiro atoms. The largest absolute Gasteiger partial charge is 0.299 e. The SMILES string of the molecule is CC1(C)[C@@H]2CC[C@@]1(CS(=O)(=O)OC(c1ccccc1)(c1ccccc1)c1ccccc1)C(=O)C2. The van der Waals surface area contributed by atoms with Gasteiger partial charge in [0, 0.05) is 6.42 Å². The van der Waals surface area contributed by atoms with Gasteiger partial charge < -0.3 is 0 Å². The van der Waals surface area contributed by atoms with Crippen LogP contribution >= 0.6 is 0 Å². The van der Waals surface area contributed by atoms with E-state index in [9.17, 15) is 13.2 Å². The van der Waals surface area contributed by atoms with Gasteiger partial charge in [-0.05, 0) is 40.9 Å². The molecule has 34 heavy (non-hydrogen) atoms. The third-order valence-corrected chi connectivity index (χ3v) is 9.71. The molecule has 0 saturated heterocycles. The minimum Gasteiger partial charge on any atom is -0.299 e. The lowest BCUT2D eigenvalue weighted by Crippen LogP contribution is -2.45. The van der Waals surface area contributed by atoms with Gasteiger partial charge in [-0.2, -0.15) is 8.42 Å². The second-order valence-corrected chi connectivity index (χ2v) is 11.8. The quantitative estimate of drug-likeness (QED) is 0.325. The molecule has 2 bridgehead atoms. The van der Waals surface area contributed by atoms with E-state index in [-0.39, 0.29) is 22.9 Å². The number of hydrogen-bond acceptors (Lipinski definition) is 4. The van der Waals surface area contributed by atoms with Crippen LogP contribution in [0.1, 0.15) is 49.8 Å². The molecule has 2 saturated carbocycles. The van der Waals surface area contributed by atoms with Crippen LogP contribution in [0, 0.1) is 16.7 Å². The summed E-state index contributed by atoms with van der Waals surface area (Å²) in [6.07, 6.45) is 1.94. The predicted molar refractivity (Wildman–Crippen MR) is 133 cm³/mol. The van der Waals surface area contributed by atoms with Crippen molar-refractivity contribution in [2.24, 2.45) is 16.7 Å². The number of carbonyl (C=O) groups excluding carboxylic acids is 1. The van der Waals surface area contributed by atoms with Gasteiger partial charge >= 0.3 is 0 Å². The Labute approximate surface area is 202 Å². The first-order valence-electron chi connectivity index (χ1n) is 11.8. The Morgan fingerprint density at radius 2 is 1.26 bits per heavy atom. The molecule has 0 unspecified atom stereocenters. The van der Waals surface area contributed by atoms with E-state index in [1.54, 1.807) is 0 Å². The van der Waals surface area contributed by atoms with Crippen LogP contribution in [0.2, 0.25) is 0 Å². The highest BCUT2D eigenvalue weighted by molar-refractivity contribution is 7.86. The summed E-state index contributed by atoms with van der Waals surface area (Å²) in [7, 11) is -4.14. The summed E-state index contributed by atoms with van der Waals surface area (Å²) in [4.78, 5) is 13.1. The highest BCUT2D eigenvalue weighted by Crippen LogP contribution is 2.64. The van der Waals surface area contributed by atoms with Crippen LogP contribution < -0.4 is 0 Å². The third kappa shape index (κ3) is 3.45. The number of Topliss-reactive ketones (excluding diaryl/α,β-unsaturated/α-hetero) is 1. The molecule has 4 nitrogen and oxygen atoms in total. The van der Waals surface area contributed by atoms with E-state index in [4.69, 9.17) is 4.18 Å². The van der Waals surface area contributed by atoms with Crippen molar-refractivity contribution >= 4 is 15.9 Å². The molecule has 3 aromatic carbocycles. The Morgan fingerprint density at radius 1 is 0.824 bits per heavy atom. The zero-order valence-corrected chi connectivity index (χ0v) is 20.4. The van der Waals surface area contributed by atoms with Gasteiger partial charge in [-0.1, -0.05) is 105 Å². The normalized spacial score (nSPS) is 23.8. The lowest BCUT2D eigenvalue weighted by atomic mass is 9.70. The Bertz CT molecular complexity index is 1190. The molecule has 2 atom stereocenters. The zero-order chi connectivity index (χ0) is 24.0. The highest BCUT2D eigenvalue weighted by Gasteiger charge is 2.66. The van der Waals surface area contributed by atoms with E-state index in [2.05, 4.69) is 0 Å². The monoisotopic (exact) mass is 474 g/mol. The average molecular weight is 475 g/mol. The van der Waals surface area contributed by atoms with Gasteiger partial charge in [-0.25, -0.2) is 4.18 Å². The minimum absolute atomic E-state index is 0.0608. The summed E-state index contributed by atoms with van der Waals surface area (Å²) >= 11 is 0. The third-order valence-electron chi connectivity index (χ3n) is 8.36. The number of carbonyl (C=O) groups is 1. The van der Waals surface area contributed by atoms with Crippen molar-refractivity contribution in [3.8, 4) is 0 Å². The van der Waals surface area contributed by atoms with E-state index in [0.29, 0.717) is 12.8 Å². The van der Waals surface area contributed by atoms with Crippen molar-refractivity contribution in [3.05, 3.63) is 108 Å². The summed E-state index contributed by atoms with van der Waals surface area (Å²) in [5.74, 6) is -0.000624. The fourth-order valence-corrected chi connectivity index (χ4v) is 8.30. The van der Waals surface area contributed by atoms with E-state index in [0.717, 1.165) is 23.1 Å².